The van der Waals surface area contributed by atoms with Crippen molar-refractivity contribution in [2.45, 2.75) is 16.0 Å². The first-order chi connectivity index (χ1) is 12.7. The Morgan fingerprint density at radius 3 is 2.41 bits per heavy atom. The van der Waals surface area contributed by atoms with Gasteiger partial charge in [0.25, 0.3) is 11.5 Å². The van der Waals surface area contributed by atoms with Crippen LogP contribution in [0.15, 0.2) is 58.5 Å². The Labute approximate surface area is 159 Å². The molecular weight excluding hydrogens is 405 g/mol. The Bertz CT molecular complexity index is 1060. The van der Waals surface area contributed by atoms with E-state index >= 15 is 0 Å². The molecule has 0 saturated carbocycles. The number of aromatic nitrogens is 1. The minimum atomic E-state index is -5.06. The van der Waals surface area contributed by atoms with Crippen LogP contribution in [-0.4, -0.2) is 21.9 Å². The largest absolute Gasteiger partial charge is 0.454 e. The molecule has 138 valence electrons. The SMILES string of the molecule is O=C(c1cnc2cc(Cl)ccc2c1Sc1ccc([N+](=O)[O-])cc1)C(F)(F)F. The third kappa shape index (κ3) is 4.04. The van der Waals surface area contributed by atoms with E-state index in [0.29, 0.717) is 20.8 Å². The molecule has 27 heavy (non-hydrogen) atoms. The maximum absolute atomic E-state index is 13.0. The van der Waals surface area contributed by atoms with Crippen LogP contribution >= 0.6 is 23.4 Å². The van der Waals surface area contributed by atoms with Gasteiger partial charge in [-0.15, -0.1) is 0 Å². The Kier molecular flexibility index (Phi) is 5.07. The normalized spacial score (nSPS) is 11.6. The molecule has 1 aromatic heterocycles. The first kappa shape index (κ1) is 19.1. The molecule has 0 aliphatic heterocycles. The van der Waals surface area contributed by atoms with E-state index in [2.05, 4.69) is 4.98 Å². The number of nitrogens with zero attached hydrogens (tertiary/aromatic N) is 2. The van der Waals surface area contributed by atoms with Crippen LogP contribution in [0.5, 0.6) is 0 Å². The summed E-state index contributed by atoms with van der Waals surface area (Å²) >= 11 is 6.78. The van der Waals surface area contributed by atoms with Crippen molar-refractivity contribution in [2.75, 3.05) is 0 Å². The van der Waals surface area contributed by atoms with Crippen molar-refractivity contribution < 1.29 is 22.9 Å². The predicted molar refractivity (Wildman–Crippen MR) is 94.4 cm³/mol. The summed E-state index contributed by atoms with van der Waals surface area (Å²) in [6, 6.07) is 9.68. The van der Waals surface area contributed by atoms with E-state index in [0.717, 1.165) is 18.0 Å². The molecule has 0 unspecified atom stereocenters. The monoisotopic (exact) mass is 412 g/mol. The number of nitro groups is 1. The number of benzene rings is 2. The zero-order valence-corrected chi connectivity index (χ0v) is 14.7. The topological polar surface area (TPSA) is 73.1 Å². The van der Waals surface area contributed by atoms with Gasteiger partial charge < -0.3 is 0 Å². The Morgan fingerprint density at radius 1 is 1.15 bits per heavy atom. The van der Waals surface area contributed by atoms with Gasteiger partial charge in [0, 0.05) is 38.5 Å². The Morgan fingerprint density at radius 2 is 1.81 bits per heavy atom. The fourth-order valence-electron chi connectivity index (χ4n) is 2.32. The van der Waals surface area contributed by atoms with Gasteiger partial charge in [-0.1, -0.05) is 29.4 Å². The zero-order chi connectivity index (χ0) is 19.8. The van der Waals surface area contributed by atoms with E-state index in [-0.39, 0.29) is 10.6 Å². The molecule has 1 heterocycles. The zero-order valence-electron chi connectivity index (χ0n) is 13.2. The van der Waals surface area contributed by atoms with Crippen LogP contribution in [0.4, 0.5) is 18.9 Å². The van der Waals surface area contributed by atoms with Crippen molar-refractivity contribution in [3.05, 3.63) is 69.4 Å². The maximum Gasteiger partial charge on any atom is 0.454 e. The quantitative estimate of drug-likeness (QED) is 0.312. The van der Waals surface area contributed by atoms with Gasteiger partial charge in [0.2, 0.25) is 0 Å². The third-order valence-electron chi connectivity index (χ3n) is 3.55. The highest BCUT2D eigenvalue weighted by atomic mass is 35.5. The number of hydrogen-bond donors (Lipinski definition) is 0. The highest BCUT2D eigenvalue weighted by molar-refractivity contribution is 7.99. The van der Waals surface area contributed by atoms with Crippen molar-refractivity contribution in [3.63, 3.8) is 0 Å². The summed E-state index contributed by atoms with van der Waals surface area (Å²) in [7, 11) is 0. The second kappa shape index (κ2) is 7.16. The van der Waals surface area contributed by atoms with Crippen LogP contribution in [0.1, 0.15) is 10.4 Å². The minimum absolute atomic E-state index is 0.0489. The van der Waals surface area contributed by atoms with Crippen LogP contribution in [0.25, 0.3) is 10.9 Å². The molecule has 0 aliphatic carbocycles. The number of rotatable bonds is 4. The van der Waals surface area contributed by atoms with E-state index in [1.54, 1.807) is 0 Å². The van der Waals surface area contributed by atoms with Crippen molar-refractivity contribution in [1.82, 2.24) is 4.98 Å². The van der Waals surface area contributed by atoms with Gasteiger partial charge in [0.15, 0.2) is 0 Å². The lowest BCUT2D eigenvalue weighted by atomic mass is 10.1. The highest BCUT2D eigenvalue weighted by Crippen LogP contribution is 2.39. The smallest absolute Gasteiger partial charge is 0.284 e. The summed E-state index contributed by atoms with van der Waals surface area (Å²) in [5, 5.41) is 11.4. The van der Waals surface area contributed by atoms with Crippen molar-refractivity contribution in [2.24, 2.45) is 0 Å². The molecule has 0 amide bonds. The molecule has 2 aromatic carbocycles. The van der Waals surface area contributed by atoms with E-state index in [4.69, 9.17) is 11.6 Å². The van der Waals surface area contributed by atoms with Gasteiger partial charge in [0.05, 0.1) is 16.0 Å². The summed E-state index contributed by atoms with van der Waals surface area (Å²) in [6.45, 7) is 0. The molecule has 10 heteroatoms. The lowest BCUT2D eigenvalue weighted by molar-refractivity contribution is -0.384. The molecule has 5 nitrogen and oxygen atoms in total. The van der Waals surface area contributed by atoms with E-state index in [1.165, 1.54) is 42.5 Å². The Hall–Kier alpha value is -2.65. The number of carbonyl (C=O) groups is 1. The molecule has 0 N–H and O–H groups in total. The summed E-state index contributed by atoms with van der Waals surface area (Å²) in [5.41, 5.74) is -0.427. The van der Waals surface area contributed by atoms with Gasteiger partial charge in [0.1, 0.15) is 0 Å². The maximum atomic E-state index is 13.0. The number of halogens is 4. The van der Waals surface area contributed by atoms with Crippen LogP contribution in [-0.2, 0) is 0 Å². The number of non-ortho nitro benzene ring substituents is 1. The second-order valence-corrected chi connectivity index (χ2v) is 6.86. The molecule has 0 aliphatic rings. The lowest BCUT2D eigenvalue weighted by Gasteiger charge is -2.13. The summed E-state index contributed by atoms with van der Waals surface area (Å²) in [6.07, 6.45) is -4.20. The van der Waals surface area contributed by atoms with Crippen LogP contribution in [0.2, 0.25) is 5.02 Å². The molecule has 0 atom stereocenters. The standard InChI is InChI=1S/C17H8ClF3N2O3S/c18-9-1-6-12-14(7-9)22-8-13(16(24)17(19,20)21)15(12)27-11-4-2-10(3-5-11)23(25)26/h1-8H. The summed E-state index contributed by atoms with van der Waals surface area (Å²) in [5.74, 6) is -2.02. The number of Topliss-reactive ketones (excluding diaryl/α,β-unsaturated/α-hetero) is 1. The van der Waals surface area contributed by atoms with Gasteiger partial charge in [-0.05, 0) is 24.3 Å². The molecule has 0 radical (unpaired) electrons. The molecule has 0 saturated heterocycles. The number of carbonyl (C=O) groups excluding carboxylic acids is 1. The number of alkyl halides is 3. The van der Waals surface area contributed by atoms with Crippen LogP contribution in [0.3, 0.4) is 0 Å². The first-order valence-electron chi connectivity index (χ1n) is 7.29. The number of pyridine rings is 1. The van der Waals surface area contributed by atoms with E-state index in [1.807, 2.05) is 0 Å². The van der Waals surface area contributed by atoms with Crippen molar-refractivity contribution >= 4 is 45.7 Å². The van der Waals surface area contributed by atoms with Crippen molar-refractivity contribution in [3.8, 4) is 0 Å². The fraction of sp³-hybridized carbons (Fsp3) is 0.0588. The highest BCUT2D eigenvalue weighted by Gasteiger charge is 2.41. The average Bonchev–Trinajstić information content (AvgIpc) is 2.60. The summed E-state index contributed by atoms with van der Waals surface area (Å²) in [4.78, 5) is 26.4. The van der Waals surface area contributed by atoms with Gasteiger partial charge in [-0.2, -0.15) is 13.2 Å². The summed E-state index contributed by atoms with van der Waals surface area (Å²) < 4.78 is 38.9. The van der Waals surface area contributed by atoms with Gasteiger partial charge in [-0.25, -0.2) is 0 Å². The first-order valence-corrected chi connectivity index (χ1v) is 8.48. The number of ketones is 1. The van der Waals surface area contributed by atoms with Gasteiger partial charge in [-0.3, -0.25) is 19.9 Å². The lowest BCUT2D eigenvalue weighted by Crippen LogP contribution is -2.23. The van der Waals surface area contributed by atoms with Crippen LogP contribution in [0, 0.1) is 10.1 Å². The number of hydrogen-bond acceptors (Lipinski definition) is 5. The molecule has 3 rings (SSSR count). The third-order valence-corrected chi connectivity index (χ3v) is 4.94. The van der Waals surface area contributed by atoms with Crippen molar-refractivity contribution in [1.29, 1.82) is 0 Å². The fourth-order valence-corrected chi connectivity index (χ4v) is 3.53. The second-order valence-electron chi connectivity index (χ2n) is 5.34. The molecular formula is C17H8ClF3N2O3S. The molecule has 0 fully saturated rings. The molecule has 3 aromatic rings. The van der Waals surface area contributed by atoms with Crippen LogP contribution < -0.4 is 0 Å². The number of fused-ring (bicyclic) bond motifs is 1. The van der Waals surface area contributed by atoms with E-state index < -0.39 is 22.4 Å². The minimum Gasteiger partial charge on any atom is -0.284 e. The average molecular weight is 413 g/mol. The van der Waals surface area contributed by atoms with E-state index in [9.17, 15) is 28.1 Å². The predicted octanol–water partition coefficient (Wildman–Crippen LogP) is 5.69. The molecule has 0 spiro atoms. The Balaban J connectivity index is 2.15. The molecule has 0 bridgehead atoms. The van der Waals surface area contributed by atoms with Gasteiger partial charge >= 0.3 is 6.18 Å². The number of nitro benzene ring substituents is 1.